The number of aromatic amines is 1. The zero-order chi connectivity index (χ0) is 12.5. The summed E-state index contributed by atoms with van der Waals surface area (Å²) in [5.74, 6) is -0.520. The van der Waals surface area contributed by atoms with Gasteiger partial charge < -0.3 is 9.52 Å². The zero-order valence-electron chi connectivity index (χ0n) is 9.38. The molecule has 0 unspecified atom stereocenters. The van der Waals surface area contributed by atoms with Crippen LogP contribution in [0.5, 0.6) is 0 Å². The Bertz CT molecular complexity index is 697. The first kappa shape index (κ1) is 10.5. The molecule has 0 radical (unpaired) electrons. The van der Waals surface area contributed by atoms with Gasteiger partial charge in [-0.1, -0.05) is 24.3 Å². The molecule has 0 saturated heterocycles. The molecule has 88 valence electrons. The minimum absolute atomic E-state index is 0.216. The molecule has 0 atom stereocenters. The van der Waals surface area contributed by atoms with Gasteiger partial charge in [0.2, 0.25) is 11.1 Å². The Labute approximate surface area is 103 Å². The van der Waals surface area contributed by atoms with Gasteiger partial charge in [0.1, 0.15) is 5.56 Å². The lowest BCUT2D eigenvalue weighted by Crippen LogP contribution is -2.06. The highest BCUT2D eigenvalue weighted by molar-refractivity contribution is 5.94. The molecular formula is C14H10NO3+. The lowest BCUT2D eigenvalue weighted by Gasteiger charge is -1.97. The van der Waals surface area contributed by atoms with E-state index in [4.69, 9.17) is 9.52 Å². The molecule has 3 rings (SSSR count). The molecule has 4 heteroatoms. The van der Waals surface area contributed by atoms with E-state index in [9.17, 15) is 4.79 Å². The number of hydrogen-bond acceptors (Lipinski definition) is 2. The maximum Gasteiger partial charge on any atom is 0.380 e. The molecule has 1 aromatic heterocycles. The Kier molecular flexibility index (Phi) is 2.34. The van der Waals surface area contributed by atoms with Crippen molar-refractivity contribution in [2.24, 2.45) is 0 Å². The summed E-state index contributed by atoms with van der Waals surface area (Å²) >= 11 is 0. The van der Waals surface area contributed by atoms with Crippen molar-refractivity contribution < 1.29 is 19.3 Å². The quantitative estimate of drug-likeness (QED) is 0.748. The summed E-state index contributed by atoms with van der Waals surface area (Å²) in [7, 11) is 0. The Morgan fingerprint density at radius 2 is 1.78 bits per heavy atom. The van der Waals surface area contributed by atoms with Gasteiger partial charge in [-0.25, -0.2) is 4.79 Å². The van der Waals surface area contributed by atoms with Crippen LogP contribution in [0.2, 0.25) is 0 Å². The van der Waals surface area contributed by atoms with Gasteiger partial charge in [-0.05, 0) is 18.2 Å². The zero-order valence-corrected chi connectivity index (χ0v) is 9.38. The van der Waals surface area contributed by atoms with Crippen LogP contribution in [-0.2, 0) is 0 Å². The normalized spacial score (nSPS) is 10.7. The van der Waals surface area contributed by atoms with Crippen LogP contribution in [0, 0.1) is 0 Å². The third-order valence-electron chi connectivity index (χ3n) is 2.75. The lowest BCUT2D eigenvalue weighted by atomic mass is 10.1. The Hall–Kier alpha value is -2.62. The number of benzene rings is 2. The molecule has 2 aromatic carbocycles. The number of rotatable bonds is 2. The topological polar surface area (TPSA) is 64.6 Å². The molecule has 0 amide bonds. The fourth-order valence-electron chi connectivity index (χ4n) is 1.91. The number of para-hydroxylation sites is 2. The van der Waals surface area contributed by atoms with Gasteiger partial charge in [0.15, 0.2) is 0 Å². The first-order chi connectivity index (χ1) is 8.75. The highest BCUT2D eigenvalue weighted by Crippen LogP contribution is 2.23. The minimum atomic E-state index is -0.973. The van der Waals surface area contributed by atoms with Gasteiger partial charge in [-0.15, -0.1) is 0 Å². The third-order valence-corrected chi connectivity index (χ3v) is 2.75. The number of aromatic nitrogens is 1. The molecule has 0 spiro atoms. The molecule has 18 heavy (non-hydrogen) atoms. The molecule has 0 fully saturated rings. The van der Waals surface area contributed by atoms with Crippen LogP contribution in [0.3, 0.4) is 0 Å². The lowest BCUT2D eigenvalue weighted by molar-refractivity contribution is -0.338. The van der Waals surface area contributed by atoms with E-state index >= 15 is 0 Å². The number of aromatic carboxylic acids is 1. The SMILES string of the molecule is O=C(O)c1ccccc1-c1[nH+]c2ccccc2o1. The van der Waals surface area contributed by atoms with E-state index in [-0.39, 0.29) is 5.56 Å². The Balaban J connectivity index is 2.23. The summed E-state index contributed by atoms with van der Waals surface area (Å²) in [6.45, 7) is 0. The number of hydrogen-bond donors (Lipinski definition) is 1. The highest BCUT2D eigenvalue weighted by Gasteiger charge is 2.20. The van der Waals surface area contributed by atoms with E-state index in [0.29, 0.717) is 17.0 Å². The van der Waals surface area contributed by atoms with Gasteiger partial charge in [-0.3, -0.25) is 0 Å². The maximum absolute atomic E-state index is 11.2. The molecule has 1 heterocycles. The smallest absolute Gasteiger partial charge is 0.380 e. The van der Waals surface area contributed by atoms with Gasteiger partial charge in [0, 0.05) is 6.07 Å². The van der Waals surface area contributed by atoms with Crippen molar-refractivity contribution in [1.29, 1.82) is 0 Å². The first-order valence-corrected chi connectivity index (χ1v) is 5.49. The highest BCUT2D eigenvalue weighted by atomic mass is 16.4. The summed E-state index contributed by atoms with van der Waals surface area (Å²) in [5.41, 5.74) is 2.30. The minimum Gasteiger partial charge on any atom is -0.478 e. The number of oxazole rings is 1. The number of carbonyl (C=O) groups is 1. The van der Waals surface area contributed by atoms with Crippen molar-refractivity contribution in [2.45, 2.75) is 0 Å². The van der Waals surface area contributed by atoms with Crippen LogP contribution < -0.4 is 4.98 Å². The Morgan fingerprint density at radius 3 is 2.56 bits per heavy atom. The largest absolute Gasteiger partial charge is 0.478 e. The molecule has 0 saturated carbocycles. The summed E-state index contributed by atoms with van der Waals surface area (Å²) in [5, 5.41) is 9.15. The summed E-state index contributed by atoms with van der Waals surface area (Å²) < 4.78 is 5.63. The van der Waals surface area contributed by atoms with E-state index in [0.717, 1.165) is 5.52 Å². The summed E-state index contributed by atoms with van der Waals surface area (Å²) in [6.07, 6.45) is 0. The van der Waals surface area contributed by atoms with Gasteiger partial charge in [-0.2, -0.15) is 4.98 Å². The Morgan fingerprint density at radius 1 is 1.06 bits per heavy atom. The average Bonchev–Trinajstić information content (AvgIpc) is 2.82. The van der Waals surface area contributed by atoms with Crippen LogP contribution in [0.15, 0.2) is 52.9 Å². The van der Waals surface area contributed by atoms with Crippen LogP contribution in [-0.4, -0.2) is 11.1 Å². The second-order valence-corrected chi connectivity index (χ2v) is 3.90. The fourth-order valence-corrected chi connectivity index (χ4v) is 1.91. The predicted molar refractivity (Wildman–Crippen MR) is 65.2 cm³/mol. The van der Waals surface area contributed by atoms with Gasteiger partial charge in [0.05, 0.1) is 5.56 Å². The molecule has 0 aliphatic heterocycles. The van der Waals surface area contributed by atoms with E-state index in [2.05, 4.69) is 4.98 Å². The predicted octanol–water partition coefficient (Wildman–Crippen LogP) is 2.61. The number of carboxylic acid groups (broad SMARTS) is 1. The summed E-state index contributed by atoms with van der Waals surface area (Å²) in [4.78, 5) is 14.2. The van der Waals surface area contributed by atoms with Crippen molar-refractivity contribution in [3.8, 4) is 11.5 Å². The first-order valence-electron chi connectivity index (χ1n) is 5.49. The average molecular weight is 240 g/mol. The molecule has 0 aliphatic carbocycles. The van der Waals surface area contributed by atoms with Crippen molar-refractivity contribution in [3.63, 3.8) is 0 Å². The van der Waals surface area contributed by atoms with Crippen molar-refractivity contribution in [1.82, 2.24) is 0 Å². The van der Waals surface area contributed by atoms with Crippen LogP contribution in [0.25, 0.3) is 22.6 Å². The molecular weight excluding hydrogens is 230 g/mol. The van der Waals surface area contributed by atoms with Crippen LogP contribution in [0.4, 0.5) is 0 Å². The standard InChI is InChI=1S/C14H9NO3/c16-14(17)10-6-2-1-5-9(10)13-15-11-7-3-4-8-12(11)18-13/h1-8H,(H,16,17)/p+1. The fraction of sp³-hybridized carbons (Fsp3) is 0. The maximum atomic E-state index is 11.2. The van der Waals surface area contributed by atoms with Gasteiger partial charge >= 0.3 is 11.9 Å². The second-order valence-electron chi connectivity index (χ2n) is 3.90. The molecule has 0 aliphatic rings. The van der Waals surface area contributed by atoms with Crippen LogP contribution >= 0.6 is 0 Å². The third kappa shape index (κ3) is 1.64. The van der Waals surface area contributed by atoms with Crippen molar-refractivity contribution in [3.05, 3.63) is 54.1 Å². The van der Waals surface area contributed by atoms with E-state index in [1.807, 2.05) is 24.3 Å². The van der Waals surface area contributed by atoms with Crippen LogP contribution in [0.1, 0.15) is 10.4 Å². The molecule has 3 aromatic rings. The van der Waals surface area contributed by atoms with Gasteiger partial charge in [0.25, 0.3) is 0 Å². The number of fused-ring (bicyclic) bond motifs is 1. The monoisotopic (exact) mass is 240 g/mol. The van der Waals surface area contributed by atoms with E-state index in [1.54, 1.807) is 24.3 Å². The second kappa shape index (κ2) is 4.00. The van der Waals surface area contributed by atoms with E-state index < -0.39 is 5.97 Å². The number of H-pyrrole nitrogens is 1. The molecule has 4 nitrogen and oxygen atoms in total. The van der Waals surface area contributed by atoms with Crippen molar-refractivity contribution in [2.75, 3.05) is 0 Å². The van der Waals surface area contributed by atoms with E-state index in [1.165, 1.54) is 0 Å². The molecule has 0 bridgehead atoms. The number of nitrogens with one attached hydrogen (secondary N) is 1. The van der Waals surface area contributed by atoms with Crippen molar-refractivity contribution >= 4 is 17.1 Å². The summed E-state index contributed by atoms with van der Waals surface area (Å²) in [6, 6.07) is 14.2. The molecule has 2 N–H and O–H groups in total. The number of carboxylic acids is 1.